The number of nitrogens with one attached hydrogen (secondary N) is 1. The quantitative estimate of drug-likeness (QED) is 0.915. The molecule has 1 aliphatic heterocycles. The van der Waals surface area contributed by atoms with Crippen LogP contribution in [0.3, 0.4) is 0 Å². The molecule has 0 unspecified atom stereocenters. The van der Waals surface area contributed by atoms with Gasteiger partial charge in [-0.15, -0.1) is 0 Å². The van der Waals surface area contributed by atoms with Crippen LogP contribution in [0.15, 0.2) is 28.8 Å². The SMILES string of the molecule is O=C(C[C@@H]1CCCOC1)NCc1nc(-c2ccc(F)cc2)no1. The average molecular weight is 319 g/mol. The lowest BCUT2D eigenvalue weighted by atomic mass is 9.98. The van der Waals surface area contributed by atoms with Gasteiger partial charge in [0.05, 0.1) is 6.54 Å². The van der Waals surface area contributed by atoms with Crippen LogP contribution in [0, 0.1) is 11.7 Å². The number of aromatic nitrogens is 2. The minimum Gasteiger partial charge on any atom is -0.381 e. The zero-order valence-corrected chi connectivity index (χ0v) is 12.6. The number of ether oxygens (including phenoxy) is 1. The average Bonchev–Trinajstić information content (AvgIpc) is 3.04. The summed E-state index contributed by atoms with van der Waals surface area (Å²) < 4.78 is 23.3. The molecule has 0 radical (unpaired) electrons. The molecule has 0 saturated carbocycles. The Kier molecular flexibility index (Phi) is 4.97. The highest BCUT2D eigenvalue weighted by atomic mass is 19.1. The molecule has 1 saturated heterocycles. The molecule has 122 valence electrons. The second-order valence-corrected chi connectivity index (χ2v) is 5.58. The molecule has 6 nitrogen and oxygen atoms in total. The van der Waals surface area contributed by atoms with E-state index in [4.69, 9.17) is 9.26 Å². The number of benzene rings is 1. The van der Waals surface area contributed by atoms with Crippen molar-refractivity contribution < 1.29 is 18.4 Å². The summed E-state index contributed by atoms with van der Waals surface area (Å²) in [6.07, 6.45) is 2.46. The summed E-state index contributed by atoms with van der Waals surface area (Å²) in [5.74, 6) is 0.590. The fourth-order valence-electron chi connectivity index (χ4n) is 2.52. The molecule has 1 amide bonds. The van der Waals surface area contributed by atoms with Crippen molar-refractivity contribution >= 4 is 5.91 Å². The van der Waals surface area contributed by atoms with Crippen molar-refractivity contribution in [1.29, 1.82) is 0 Å². The molecule has 1 fully saturated rings. The highest BCUT2D eigenvalue weighted by Gasteiger charge is 2.18. The number of hydrogen-bond donors (Lipinski definition) is 1. The van der Waals surface area contributed by atoms with Gasteiger partial charge < -0.3 is 14.6 Å². The predicted octanol–water partition coefficient (Wildman–Crippen LogP) is 2.31. The van der Waals surface area contributed by atoms with Gasteiger partial charge in [-0.2, -0.15) is 4.98 Å². The lowest BCUT2D eigenvalue weighted by Crippen LogP contribution is -2.28. The summed E-state index contributed by atoms with van der Waals surface area (Å²) in [6, 6.07) is 5.82. The van der Waals surface area contributed by atoms with Crippen LogP contribution in [0.25, 0.3) is 11.4 Å². The first-order valence-corrected chi connectivity index (χ1v) is 7.63. The minimum atomic E-state index is -0.323. The van der Waals surface area contributed by atoms with Crippen LogP contribution >= 0.6 is 0 Å². The van der Waals surface area contributed by atoms with Gasteiger partial charge in [0, 0.05) is 25.2 Å². The Labute approximate surface area is 133 Å². The van der Waals surface area contributed by atoms with Crippen LogP contribution < -0.4 is 5.32 Å². The van der Waals surface area contributed by atoms with Gasteiger partial charge in [0.15, 0.2) is 0 Å². The standard InChI is InChI=1S/C16H18FN3O3/c17-13-5-3-12(4-6-13)16-19-15(23-20-16)9-18-14(21)8-11-2-1-7-22-10-11/h3-6,11H,1-2,7-10H2,(H,18,21)/t11-/m0/s1. The maximum Gasteiger partial charge on any atom is 0.246 e. The van der Waals surface area contributed by atoms with Gasteiger partial charge >= 0.3 is 0 Å². The molecular weight excluding hydrogens is 301 g/mol. The highest BCUT2D eigenvalue weighted by Crippen LogP contribution is 2.18. The first-order valence-electron chi connectivity index (χ1n) is 7.63. The molecule has 1 atom stereocenters. The second kappa shape index (κ2) is 7.32. The topological polar surface area (TPSA) is 77.2 Å². The summed E-state index contributed by atoms with van der Waals surface area (Å²) in [6.45, 7) is 1.61. The second-order valence-electron chi connectivity index (χ2n) is 5.58. The van der Waals surface area contributed by atoms with E-state index in [1.54, 1.807) is 12.1 Å². The summed E-state index contributed by atoms with van der Waals surface area (Å²) in [4.78, 5) is 16.1. The summed E-state index contributed by atoms with van der Waals surface area (Å²) in [5, 5.41) is 6.60. The van der Waals surface area contributed by atoms with E-state index in [0.717, 1.165) is 19.4 Å². The van der Waals surface area contributed by atoms with Crippen LogP contribution in [0.1, 0.15) is 25.2 Å². The van der Waals surface area contributed by atoms with Crippen molar-refractivity contribution in [1.82, 2.24) is 15.5 Å². The van der Waals surface area contributed by atoms with Gasteiger partial charge in [-0.1, -0.05) is 5.16 Å². The Hall–Kier alpha value is -2.28. The summed E-state index contributed by atoms with van der Waals surface area (Å²) in [5.41, 5.74) is 0.659. The molecule has 3 rings (SSSR count). The fourth-order valence-corrected chi connectivity index (χ4v) is 2.52. The largest absolute Gasteiger partial charge is 0.381 e. The van der Waals surface area contributed by atoms with E-state index in [0.29, 0.717) is 30.3 Å². The molecule has 7 heteroatoms. The van der Waals surface area contributed by atoms with Gasteiger partial charge in [0.1, 0.15) is 5.82 Å². The van der Waals surface area contributed by atoms with Crippen LogP contribution in [-0.4, -0.2) is 29.3 Å². The van der Waals surface area contributed by atoms with Crippen molar-refractivity contribution in [3.8, 4) is 11.4 Å². The fraction of sp³-hybridized carbons (Fsp3) is 0.438. The molecule has 1 N–H and O–H groups in total. The Morgan fingerprint density at radius 1 is 1.35 bits per heavy atom. The maximum absolute atomic E-state index is 12.9. The Bertz CT molecular complexity index is 651. The first-order chi connectivity index (χ1) is 11.2. The van der Waals surface area contributed by atoms with Gasteiger partial charge in [0.2, 0.25) is 17.6 Å². The first kappa shape index (κ1) is 15.6. The Morgan fingerprint density at radius 3 is 2.91 bits per heavy atom. The number of halogens is 1. The Balaban J connectivity index is 1.50. The van der Waals surface area contributed by atoms with Crippen molar-refractivity contribution in [2.75, 3.05) is 13.2 Å². The van der Waals surface area contributed by atoms with Gasteiger partial charge in [-0.25, -0.2) is 4.39 Å². The Morgan fingerprint density at radius 2 is 2.17 bits per heavy atom. The monoisotopic (exact) mass is 319 g/mol. The zero-order valence-electron chi connectivity index (χ0n) is 12.6. The molecule has 0 spiro atoms. The van der Waals surface area contributed by atoms with Crippen LogP contribution in [-0.2, 0) is 16.1 Å². The van der Waals surface area contributed by atoms with Gasteiger partial charge in [-0.3, -0.25) is 4.79 Å². The number of carbonyl (C=O) groups excluding carboxylic acids is 1. The third-order valence-corrected chi connectivity index (χ3v) is 3.74. The van der Waals surface area contributed by atoms with Crippen molar-refractivity contribution in [2.45, 2.75) is 25.8 Å². The van der Waals surface area contributed by atoms with E-state index < -0.39 is 0 Å². The summed E-state index contributed by atoms with van der Waals surface area (Å²) >= 11 is 0. The maximum atomic E-state index is 12.9. The molecular formula is C16H18FN3O3. The molecule has 23 heavy (non-hydrogen) atoms. The lowest BCUT2D eigenvalue weighted by Gasteiger charge is -2.21. The third kappa shape index (κ3) is 4.35. The third-order valence-electron chi connectivity index (χ3n) is 3.74. The number of amides is 1. The summed E-state index contributed by atoms with van der Waals surface area (Å²) in [7, 11) is 0. The van der Waals surface area contributed by atoms with E-state index >= 15 is 0 Å². The van der Waals surface area contributed by atoms with Crippen molar-refractivity contribution in [3.63, 3.8) is 0 Å². The van der Waals surface area contributed by atoms with Crippen LogP contribution in [0.4, 0.5) is 4.39 Å². The molecule has 1 aromatic carbocycles. The molecule has 0 bridgehead atoms. The molecule has 2 aromatic rings. The van der Waals surface area contributed by atoms with Gasteiger partial charge in [0.25, 0.3) is 0 Å². The van der Waals surface area contributed by atoms with Crippen molar-refractivity contribution in [3.05, 3.63) is 36.0 Å². The molecule has 2 heterocycles. The van der Waals surface area contributed by atoms with E-state index in [2.05, 4.69) is 15.5 Å². The smallest absolute Gasteiger partial charge is 0.246 e. The van der Waals surface area contributed by atoms with Crippen LogP contribution in [0.5, 0.6) is 0 Å². The lowest BCUT2D eigenvalue weighted by molar-refractivity contribution is -0.123. The van der Waals surface area contributed by atoms with Gasteiger partial charge in [-0.05, 0) is 43.0 Å². The van der Waals surface area contributed by atoms with E-state index in [1.807, 2.05) is 0 Å². The normalized spacial score (nSPS) is 17.9. The minimum absolute atomic E-state index is 0.0537. The van der Waals surface area contributed by atoms with E-state index in [-0.39, 0.29) is 24.2 Å². The molecule has 0 aliphatic carbocycles. The van der Waals surface area contributed by atoms with E-state index in [9.17, 15) is 9.18 Å². The van der Waals surface area contributed by atoms with Crippen LogP contribution in [0.2, 0.25) is 0 Å². The number of hydrogen-bond acceptors (Lipinski definition) is 5. The zero-order chi connectivity index (χ0) is 16.1. The number of nitrogens with zero attached hydrogens (tertiary/aromatic N) is 2. The molecule has 1 aromatic heterocycles. The highest BCUT2D eigenvalue weighted by molar-refractivity contribution is 5.76. The number of carbonyl (C=O) groups is 1. The van der Waals surface area contributed by atoms with E-state index in [1.165, 1.54) is 12.1 Å². The number of rotatable bonds is 5. The predicted molar refractivity (Wildman–Crippen MR) is 79.7 cm³/mol. The van der Waals surface area contributed by atoms with Crippen molar-refractivity contribution in [2.24, 2.45) is 5.92 Å². The molecule has 1 aliphatic rings.